The van der Waals surface area contributed by atoms with E-state index in [-0.39, 0.29) is 18.7 Å². The number of carbonyl (C=O) groups excluding carboxylic acids is 1. The van der Waals surface area contributed by atoms with E-state index in [2.05, 4.69) is 5.32 Å². The highest BCUT2D eigenvalue weighted by atomic mass is 16.5. The lowest BCUT2D eigenvalue weighted by molar-refractivity contribution is -0.139. The van der Waals surface area contributed by atoms with E-state index in [1.54, 1.807) is 4.90 Å². The van der Waals surface area contributed by atoms with Gasteiger partial charge in [0.25, 0.3) is 0 Å². The van der Waals surface area contributed by atoms with Crippen LogP contribution in [0.3, 0.4) is 0 Å². The van der Waals surface area contributed by atoms with Crippen molar-refractivity contribution >= 4 is 12.0 Å². The molecule has 0 saturated carbocycles. The van der Waals surface area contributed by atoms with Gasteiger partial charge in [0.2, 0.25) is 0 Å². The molecule has 0 aromatic heterocycles. The summed E-state index contributed by atoms with van der Waals surface area (Å²) in [5.41, 5.74) is 0. The zero-order valence-electron chi connectivity index (χ0n) is 11.9. The van der Waals surface area contributed by atoms with Gasteiger partial charge in [0.05, 0.1) is 19.3 Å². The van der Waals surface area contributed by atoms with E-state index in [0.717, 1.165) is 0 Å². The smallest absolute Gasteiger partial charge is 0.326 e. The van der Waals surface area contributed by atoms with Crippen LogP contribution in [0.15, 0.2) is 0 Å². The predicted octanol–water partition coefficient (Wildman–Crippen LogP) is 0.423. The quantitative estimate of drug-likeness (QED) is 0.630. The minimum atomic E-state index is -0.999. The average Bonchev–Trinajstić information content (AvgIpc) is 2.45. The van der Waals surface area contributed by atoms with E-state index in [1.807, 2.05) is 6.92 Å². The molecule has 1 rings (SSSR count). The van der Waals surface area contributed by atoms with Crippen LogP contribution >= 0.6 is 0 Å². The number of piperidine rings is 1. The number of hydrogen-bond acceptors (Lipinski definition) is 4. The second kappa shape index (κ2) is 8.76. The zero-order valence-corrected chi connectivity index (χ0v) is 11.9. The molecule has 1 heterocycles. The number of nitrogens with one attached hydrogen (secondary N) is 1. The highest BCUT2D eigenvalue weighted by Crippen LogP contribution is 2.14. The number of nitrogens with zero attached hydrogens (tertiary/aromatic N) is 1. The number of carboxylic acid groups (broad SMARTS) is 1. The van der Waals surface area contributed by atoms with Gasteiger partial charge < -0.3 is 25.2 Å². The molecule has 7 heteroatoms. The Bertz CT molecular complexity index is 316. The zero-order chi connectivity index (χ0) is 15.0. The molecule has 0 aromatic rings. The van der Waals surface area contributed by atoms with Gasteiger partial charge >= 0.3 is 12.0 Å². The van der Waals surface area contributed by atoms with Crippen LogP contribution in [0.5, 0.6) is 0 Å². The molecule has 1 aliphatic rings. The predicted molar refractivity (Wildman–Crippen MR) is 72.5 cm³/mol. The van der Waals surface area contributed by atoms with Crippen LogP contribution < -0.4 is 5.32 Å². The third kappa shape index (κ3) is 5.34. The molecule has 3 N–H and O–H groups in total. The van der Waals surface area contributed by atoms with Gasteiger partial charge in [-0.2, -0.15) is 0 Å². The van der Waals surface area contributed by atoms with Crippen molar-refractivity contribution in [3.8, 4) is 0 Å². The van der Waals surface area contributed by atoms with E-state index in [9.17, 15) is 9.59 Å². The van der Waals surface area contributed by atoms with Crippen LogP contribution in [0.1, 0.15) is 32.6 Å². The first-order chi connectivity index (χ1) is 9.58. The molecule has 1 atom stereocenters. The Morgan fingerprint density at radius 2 is 2.05 bits per heavy atom. The first kappa shape index (κ1) is 16.7. The van der Waals surface area contributed by atoms with Gasteiger partial charge in [0.1, 0.15) is 6.04 Å². The number of urea groups is 1. The molecule has 1 unspecified atom stereocenters. The van der Waals surface area contributed by atoms with Crippen molar-refractivity contribution in [2.24, 2.45) is 0 Å². The van der Waals surface area contributed by atoms with Crippen molar-refractivity contribution in [3.05, 3.63) is 0 Å². The molecule has 0 radical (unpaired) electrons. The Morgan fingerprint density at radius 3 is 2.55 bits per heavy atom. The third-order valence-electron chi connectivity index (χ3n) is 3.35. The maximum Gasteiger partial charge on any atom is 0.326 e. The SMILES string of the molecule is CCCC(NC(=O)N1CCC(OCCO)CC1)C(=O)O. The lowest BCUT2D eigenvalue weighted by Crippen LogP contribution is -2.51. The number of hydrogen-bond donors (Lipinski definition) is 3. The lowest BCUT2D eigenvalue weighted by Gasteiger charge is -2.32. The summed E-state index contributed by atoms with van der Waals surface area (Å²) in [5, 5.41) is 20.2. The van der Waals surface area contributed by atoms with Gasteiger partial charge in [0.15, 0.2) is 0 Å². The van der Waals surface area contributed by atoms with Crippen LogP contribution in [0.4, 0.5) is 4.79 Å². The van der Waals surface area contributed by atoms with Crippen LogP contribution in [0, 0.1) is 0 Å². The largest absolute Gasteiger partial charge is 0.480 e. The topological polar surface area (TPSA) is 99.1 Å². The number of ether oxygens (including phenoxy) is 1. The van der Waals surface area contributed by atoms with Gasteiger partial charge in [-0.25, -0.2) is 9.59 Å². The van der Waals surface area contributed by atoms with Crippen LogP contribution in [-0.2, 0) is 9.53 Å². The highest BCUT2D eigenvalue weighted by Gasteiger charge is 2.26. The number of aliphatic hydroxyl groups excluding tert-OH is 1. The summed E-state index contributed by atoms with van der Waals surface area (Å²) in [5.74, 6) is -0.999. The summed E-state index contributed by atoms with van der Waals surface area (Å²) in [4.78, 5) is 24.6. The van der Waals surface area contributed by atoms with Crippen molar-refractivity contribution in [2.45, 2.75) is 44.8 Å². The van der Waals surface area contributed by atoms with E-state index in [4.69, 9.17) is 14.9 Å². The molecule has 116 valence electrons. The third-order valence-corrected chi connectivity index (χ3v) is 3.35. The Labute approximate surface area is 118 Å². The van der Waals surface area contributed by atoms with Gasteiger partial charge in [-0.3, -0.25) is 0 Å². The van der Waals surface area contributed by atoms with E-state index in [1.165, 1.54) is 0 Å². The Kier molecular flexibility index (Phi) is 7.32. The molecule has 1 saturated heterocycles. The molecular formula is C13H24N2O5. The number of rotatable bonds is 7. The molecule has 0 spiro atoms. The fraction of sp³-hybridized carbons (Fsp3) is 0.846. The molecule has 0 aliphatic carbocycles. The average molecular weight is 288 g/mol. The Morgan fingerprint density at radius 1 is 1.40 bits per heavy atom. The maximum atomic E-state index is 12.0. The molecule has 7 nitrogen and oxygen atoms in total. The van der Waals surface area contributed by atoms with Crippen LogP contribution in [0.25, 0.3) is 0 Å². The van der Waals surface area contributed by atoms with E-state index < -0.39 is 12.0 Å². The van der Waals surface area contributed by atoms with Crippen LogP contribution in [-0.4, -0.2) is 65.6 Å². The summed E-state index contributed by atoms with van der Waals surface area (Å²) >= 11 is 0. The first-order valence-electron chi connectivity index (χ1n) is 7.09. The van der Waals surface area contributed by atoms with Gasteiger partial charge in [-0.05, 0) is 19.3 Å². The van der Waals surface area contributed by atoms with Gasteiger partial charge in [-0.1, -0.05) is 13.3 Å². The van der Waals surface area contributed by atoms with E-state index in [0.29, 0.717) is 45.4 Å². The number of likely N-dealkylation sites (tertiary alicyclic amines) is 1. The van der Waals surface area contributed by atoms with Crippen molar-refractivity contribution in [1.82, 2.24) is 10.2 Å². The van der Waals surface area contributed by atoms with Crippen molar-refractivity contribution in [1.29, 1.82) is 0 Å². The summed E-state index contributed by atoms with van der Waals surface area (Å²) in [7, 11) is 0. The second-order valence-electron chi connectivity index (χ2n) is 4.91. The number of amides is 2. The van der Waals surface area contributed by atoms with Crippen LogP contribution in [0.2, 0.25) is 0 Å². The molecule has 0 bridgehead atoms. The number of aliphatic hydroxyl groups is 1. The maximum absolute atomic E-state index is 12.0. The molecule has 2 amide bonds. The molecule has 20 heavy (non-hydrogen) atoms. The monoisotopic (exact) mass is 288 g/mol. The number of aliphatic carboxylic acids is 1. The Balaban J connectivity index is 2.36. The summed E-state index contributed by atoms with van der Waals surface area (Å²) < 4.78 is 5.42. The fourth-order valence-electron chi connectivity index (χ4n) is 2.23. The molecule has 0 aromatic carbocycles. The summed E-state index contributed by atoms with van der Waals surface area (Å²) in [6, 6.07) is -1.15. The Hall–Kier alpha value is -1.34. The van der Waals surface area contributed by atoms with Gasteiger partial charge in [-0.15, -0.1) is 0 Å². The standard InChI is InChI=1S/C13H24N2O5/c1-2-3-11(12(17)18)14-13(19)15-6-4-10(5-7-15)20-9-8-16/h10-11,16H,2-9H2,1H3,(H,14,19)(H,17,18). The summed E-state index contributed by atoms with van der Waals surface area (Å²) in [6.45, 7) is 3.28. The second-order valence-corrected chi connectivity index (χ2v) is 4.91. The van der Waals surface area contributed by atoms with E-state index >= 15 is 0 Å². The fourth-order valence-corrected chi connectivity index (χ4v) is 2.23. The molecular weight excluding hydrogens is 264 g/mol. The summed E-state index contributed by atoms with van der Waals surface area (Å²) in [6.07, 6.45) is 2.61. The number of carboxylic acids is 1. The number of carbonyl (C=O) groups is 2. The molecule has 1 aliphatic heterocycles. The lowest BCUT2D eigenvalue weighted by atomic mass is 10.1. The van der Waals surface area contributed by atoms with Crippen molar-refractivity contribution in [3.63, 3.8) is 0 Å². The minimum absolute atomic E-state index is 0.00197. The minimum Gasteiger partial charge on any atom is -0.480 e. The normalized spacial score (nSPS) is 17.8. The molecule has 1 fully saturated rings. The first-order valence-corrected chi connectivity index (χ1v) is 7.09. The van der Waals surface area contributed by atoms with Crippen molar-refractivity contribution in [2.75, 3.05) is 26.3 Å². The highest BCUT2D eigenvalue weighted by molar-refractivity contribution is 5.82. The van der Waals surface area contributed by atoms with Gasteiger partial charge in [0, 0.05) is 13.1 Å². The van der Waals surface area contributed by atoms with Crippen molar-refractivity contribution < 1.29 is 24.5 Å².